The first-order valence-electron chi connectivity index (χ1n) is 10.9. The number of hydrogen-bond donors (Lipinski definition) is 1. The smallest absolute Gasteiger partial charge is 0.119 e. The van der Waals surface area contributed by atoms with Crippen LogP contribution in [0.5, 0.6) is 5.75 Å². The molecule has 0 amide bonds. The molecule has 1 unspecified atom stereocenters. The number of pyridine rings is 1. The minimum absolute atomic E-state index is 0.343. The summed E-state index contributed by atoms with van der Waals surface area (Å²) in [5.74, 6) is 0.829. The van der Waals surface area contributed by atoms with E-state index in [1.165, 1.54) is 31.2 Å². The highest BCUT2D eigenvalue weighted by atomic mass is 16.5. The molecule has 0 radical (unpaired) electrons. The van der Waals surface area contributed by atoms with E-state index in [1.807, 2.05) is 30.5 Å². The Morgan fingerprint density at radius 3 is 2.69 bits per heavy atom. The summed E-state index contributed by atoms with van der Waals surface area (Å²) >= 11 is 0. The molecule has 0 spiro atoms. The quantitative estimate of drug-likeness (QED) is 0.666. The van der Waals surface area contributed by atoms with Crippen molar-refractivity contribution in [2.75, 3.05) is 39.8 Å². The number of likely N-dealkylation sites (tertiary alicyclic amines) is 1. The van der Waals surface area contributed by atoms with E-state index in [0.29, 0.717) is 13.2 Å². The number of β-amino-alcohol motifs (C(OH)–C–C–N with tert-alkyl or cyclic N) is 1. The maximum atomic E-state index is 10.4. The van der Waals surface area contributed by atoms with Gasteiger partial charge in [0.05, 0.1) is 0 Å². The molecule has 1 aromatic carbocycles. The lowest BCUT2D eigenvalue weighted by Gasteiger charge is -2.23. The van der Waals surface area contributed by atoms with E-state index in [1.54, 1.807) is 0 Å². The molecule has 5 heteroatoms. The predicted molar refractivity (Wildman–Crippen MR) is 117 cm³/mol. The number of aromatic nitrogens is 1. The van der Waals surface area contributed by atoms with E-state index >= 15 is 0 Å². The van der Waals surface area contributed by atoms with Crippen molar-refractivity contribution in [1.29, 1.82) is 0 Å². The molecule has 158 valence electrons. The van der Waals surface area contributed by atoms with Gasteiger partial charge in [-0.3, -0.25) is 4.98 Å². The Hall–Kier alpha value is -1.95. The van der Waals surface area contributed by atoms with Crippen LogP contribution in [0.15, 0.2) is 48.7 Å². The minimum atomic E-state index is -0.446. The highest BCUT2D eigenvalue weighted by molar-refractivity contribution is 5.28. The van der Waals surface area contributed by atoms with E-state index < -0.39 is 6.10 Å². The first-order chi connectivity index (χ1) is 14.2. The molecule has 2 aromatic rings. The molecule has 5 nitrogen and oxygen atoms in total. The van der Waals surface area contributed by atoms with Crippen LogP contribution in [0.1, 0.15) is 36.9 Å². The number of ether oxygens (including phenoxy) is 1. The zero-order valence-electron chi connectivity index (χ0n) is 17.7. The number of rotatable bonds is 10. The van der Waals surface area contributed by atoms with Gasteiger partial charge in [0.2, 0.25) is 0 Å². The fraction of sp³-hybridized carbons (Fsp3) is 0.542. The van der Waals surface area contributed by atoms with Gasteiger partial charge >= 0.3 is 0 Å². The lowest BCUT2D eigenvalue weighted by Crippen LogP contribution is -2.36. The fourth-order valence-electron chi connectivity index (χ4n) is 3.84. The van der Waals surface area contributed by atoms with Gasteiger partial charge in [0.15, 0.2) is 0 Å². The van der Waals surface area contributed by atoms with Gasteiger partial charge in [-0.25, -0.2) is 0 Å². The van der Waals surface area contributed by atoms with Crippen LogP contribution in [-0.4, -0.2) is 65.8 Å². The lowest BCUT2D eigenvalue weighted by atomic mass is 10.2. The number of aliphatic hydroxyl groups excluding tert-OH is 1. The Kier molecular flexibility index (Phi) is 8.93. The largest absolute Gasteiger partial charge is 0.491 e. The number of hydrogen-bond acceptors (Lipinski definition) is 5. The van der Waals surface area contributed by atoms with Crippen LogP contribution in [0.25, 0.3) is 0 Å². The van der Waals surface area contributed by atoms with Crippen molar-refractivity contribution < 1.29 is 9.84 Å². The van der Waals surface area contributed by atoms with E-state index in [4.69, 9.17) is 4.74 Å². The van der Waals surface area contributed by atoms with Gasteiger partial charge in [0.25, 0.3) is 0 Å². The molecule has 1 saturated heterocycles. The summed E-state index contributed by atoms with van der Waals surface area (Å²) in [6.07, 6.45) is 7.44. The lowest BCUT2D eigenvalue weighted by molar-refractivity contribution is 0.0693. The average Bonchev–Trinajstić information content (AvgIpc) is 3.00. The number of nitrogens with zero attached hydrogens (tertiary/aromatic N) is 3. The van der Waals surface area contributed by atoms with E-state index in [0.717, 1.165) is 44.0 Å². The number of aliphatic hydroxyl groups is 1. The second-order valence-electron chi connectivity index (χ2n) is 8.14. The standard InChI is InChI=1S/C24H35N3O2/c1-26(16-12-22-10-4-5-13-25-22)18-21-9-8-11-24(17-21)29-20-23(28)19-27-14-6-2-3-7-15-27/h4-5,8-11,13,17,23,28H,2-3,6-7,12,14-16,18-20H2,1H3. The SMILES string of the molecule is CN(CCc1ccccn1)Cc1cccc(OCC(O)CN2CCCCCC2)c1. The van der Waals surface area contributed by atoms with Crippen molar-refractivity contribution in [3.8, 4) is 5.75 Å². The van der Waals surface area contributed by atoms with Gasteiger partial charge in [0.1, 0.15) is 18.5 Å². The van der Waals surface area contributed by atoms with Gasteiger partial charge in [0, 0.05) is 37.9 Å². The fourth-order valence-corrected chi connectivity index (χ4v) is 3.84. The van der Waals surface area contributed by atoms with Crippen LogP contribution in [0, 0.1) is 0 Å². The summed E-state index contributed by atoms with van der Waals surface area (Å²) in [6, 6.07) is 14.2. The van der Waals surface area contributed by atoms with E-state index in [9.17, 15) is 5.11 Å². The summed E-state index contributed by atoms with van der Waals surface area (Å²) in [5.41, 5.74) is 2.34. The maximum Gasteiger partial charge on any atom is 0.119 e. The molecule has 1 atom stereocenters. The first kappa shape index (κ1) is 21.8. The molecule has 2 heterocycles. The highest BCUT2D eigenvalue weighted by Crippen LogP contribution is 2.16. The van der Waals surface area contributed by atoms with Crippen LogP contribution in [0.4, 0.5) is 0 Å². The molecule has 0 bridgehead atoms. The molecule has 1 aliphatic rings. The molecule has 1 fully saturated rings. The maximum absolute atomic E-state index is 10.4. The van der Waals surface area contributed by atoms with Gasteiger partial charge in [-0.15, -0.1) is 0 Å². The third-order valence-electron chi connectivity index (χ3n) is 5.44. The third kappa shape index (κ3) is 8.13. The Bertz CT molecular complexity index is 702. The van der Waals surface area contributed by atoms with Crippen LogP contribution in [0.3, 0.4) is 0 Å². The summed E-state index contributed by atoms with van der Waals surface area (Å²) in [6.45, 7) is 5.05. The Balaban J connectivity index is 1.41. The van der Waals surface area contributed by atoms with Crippen molar-refractivity contribution in [3.63, 3.8) is 0 Å². The van der Waals surface area contributed by atoms with Crippen LogP contribution in [-0.2, 0) is 13.0 Å². The summed E-state index contributed by atoms with van der Waals surface area (Å²) in [5, 5.41) is 10.4. The summed E-state index contributed by atoms with van der Waals surface area (Å²) < 4.78 is 5.89. The van der Waals surface area contributed by atoms with Gasteiger partial charge in [-0.05, 0) is 62.8 Å². The summed E-state index contributed by atoms with van der Waals surface area (Å²) in [7, 11) is 2.13. The molecule has 0 aliphatic carbocycles. The monoisotopic (exact) mass is 397 g/mol. The average molecular weight is 398 g/mol. The number of benzene rings is 1. The molecule has 3 rings (SSSR count). The second-order valence-corrected chi connectivity index (χ2v) is 8.14. The van der Waals surface area contributed by atoms with E-state index in [2.05, 4.69) is 40.0 Å². The van der Waals surface area contributed by atoms with Crippen molar-refractivity contribution in [2.24, 2.45) is 0 Å². The zero-order chi connectivity index (χ0) is 20.3. The second kappa shape index (κ2) is 11.9. The number of likely N-dealkylation sites (N-methyl/N-ethyl adjacent to an activating group) is 1. The van der Waals surface area contributed by atoms with Gasteiger partial charge in [-0.2, -0.15) is 0 Å². The van der Waals surface area contributed by atoms with Crippen molar-refractivity contribution >= 4 is 0 Å². The van der Waals surface area contributed by atoms with Gasteiger partial charge in [-0.1, -0.05) is 31.0 Å². The van der Waals surface area contributed by atoms with Crippen LogP contribution < -0.4 is 4.74 Å². The summed E-state index contributed by atoms with van der Waals surface area (Å²) in [4.78, 5) is 9.05. The van der Waals surface area contributed by atoms with Crippen molar-refractivity contribution in [1.82, 2.24) is 14.8 Å². The molecular formula is C24H35N3O2. The third-order valence-corrected chi connectivity index (χ3v) is 5.44. The van der Waals surface area contributed by atoms with Crippen LogP contribution in [0.2, 0.25) is 0 Å². The molecule has 1 N–H and O–H groups in total. The molecule has 1 aliphatic heterocycles. The highest BCUT2D eigenvalue weighted by Gasteiger charge is 2.14. The van der Waals surface area contributed by atoms with Crippen molar-refractivity contribution in [2.45, 2.75) is 44.8 Å². The topological polar surface area (TPSA) is 48.8 Å². The molecule has 29 heavy (non-hydrogen) atoms. The van der Waals surface area contributed by atoms with Crippen molar-refractivity contribution in [3.05, 3.63) is 59.9 Å². The molecule has 1 aromatic heterocycles. The molecule has 0 saturated carbocycles. The van der Waals surface area contributed by atoms with Crippen LogP contribution >= 0.6 is 0 Å². The Morgan fingerprint density at radius 1 is 1.10 bits per heavy atom. The minimum Gasteiger partial charge on any atom is -0.491 e. The zero-order valence-corrected chi connectivity index (χ0v) is 17.7. The first-order valence-corrected chi connectivity index (χ1v) is 10.9. The Morgan fingerprint density at radius 2 is 1.93 bits per heavy atom. The normalized spacial score (nSPS) is 16.5. The Labute approximate surface area is 175 Å². The van der Waals surface area contributed by atoms with Gasteiger partial charge < -0.3 is 19.6 Å². The predicted octanol–water partition coefficient (Wildman–Crippen LogP) is 3.37. The van der Waals surface area contributed by atoms with E-state index in [-0.39, 0.29) is 0 Å². The molecular weight excluding hydrogens is 362 g/mol.